The van der Waals surface area contributed by atoms with Crippen LogP contribution in [0.3, 0.4) is 0 Å². The van der Waals surface area contributed by atoms with Crippen molar-refractivity contribution < 1.29 is 5.11 Å². The van der Waals surface area contributed by atoms with Crippen molar-refractivity contribution in [2.24, 2.45) is 17.8 Å². The van der Waals surface area contributed by atoms with E-state index in [1.165, 1.54) is 24.8 Å². The second kappa shape index (κ2) is 6.17. The van der Waals surface area contributed by atoms with Crippen LogP contribution in [0, 0.1) is 17.8 Å². The van der Waals surface area contributed by atoms with E-state index in [-0.39, 0.29) is 0 Å². The first kappa shape index (κ1) is 15.4. The SMILES string of the molecule is CC(C)C(CC1(NCc2ccc(O)cc2)CC1)C(C)C. The number of rotatable bonds is 7. The van der Waals surface area contributed by atoms with Gasteiger partial charge in [-0.05, 0) is 54.7 Å². The summed E-state index contributed by atoms with van der Waals surface area (Å²) in [6.07, 6.45) is 3.91. The van der Waals surface area contributed by atoms with E-state index in [1.54, 1.807) is 12.1 Å². The molecule has 1 aliphatic rings. The fraction of sp³-hybridized carbons (Fsp3) is 0.667. The molecule has 0 saturated heterocycles. The van der Waals surface area contributed by atoms with Gasteiger partial charge in [0.25, 0.3) is 0 Å². The van der Waals surface area contributed by atoms with Gasteiger partial charge in [-0.2, -0.15) is 0 Å². The van der Waals surface area contributed by atoms with Crippen LogP contribution in [0.25, 0.3) is 0 Å². The summed E-state index contributed by atoms with van der Waals surface area (Å²) in [7, 11) is 0. The molecule has 0 amide bonds. The van der Waals surface area contributed by atoms with Gasteiger partial charge in [-0.15, -0.1) is 0 Å². The summed E-state index contributed by atoms with van der Waals surface area (Å²) in [5.74, 6) is 2.64. The molecule has 1 aliphatic carbocycles. The monoisotopic (exact) mass is 275 g/mol. The molecule has 2 heteroatoms. The van der Waals surface area contributed by atoms with Crippen LogP contribution >= 0.6 is 0 Å². The van der Waals surface area contributed by atoms with E-state index in [0.717, 1.165) is 24.3 Å². The molecule has 20 heavy (non-hydrogen) atoms. The lowest BCUT2D eigenvalue weighted by molar-refractivity contribution is 0.229. The van der Waals surface area contributed by atoms with Gasteiger partial charge in [0.1, 0.15) is 5.75 Å². The normalized spacial score (nSPS) is 17.1. The zero-order chi connectivity index (χ0) is 14.8. The van der Waals surface area contributed by atoms with Crippen molar-refractivity contribution in [3.63, 3.8) is 0 Å². The topological polar surface area (TPSA) is 32.3 Å². The molecule has 0 aliphatic heterocycles. The van der Waals surface area contributed by atoms with Crippen LogP contribution in [-0.2, 0) is 6.54 Å². The lowest BCUT2D eigenvalue weighted by Gasteiger charge is -2.30. The molecule has 0 spiro atoms. The first-order chi connectivity index (χ1) is 9.42. The van der Waals surface area contributed by atoms with Crippen LogP contribution in [0.15, 0.2) is 24.3 Å². The van der Waals surface area contributed by atoms with Crippen molar-refractivity contribution in [1.29, 1.82) is 0 Å². The Morgan fingerprint density at radius 2 is 1.60 bits per heavy atom. The fourth-order valence-corrected chi connectivity index (χ4v) is 3.20. The lowest BCUT2D eigenvalue weighted by atomic mass is 9.80. The van der Waals surface area contributed by atoms with Crippen molar-refractivity contribution in [2.45, 2.75) is 59.0 Å². The Kier molecular flexibility index (Phi) is 4.74. The molecule has 1 fully saturated rings. The fourth-order valence-electron chi connectivity index (χ4n) is 3.20. The Labute approximate surface area is 123 Å². The lowest BCUT2D eigenvalue weighted by Crippen LogP contribution is -2.35. The highest BCUT2D eigenvalue weighted by molar-refractivity contribution is 5.26. The van der Waals surface area contributed by atoms with E-state index < -0.39 is 0 Å². The molecule has 2 N–H and O–H groups in total. The average Bonchev–Trinajstić information content (AvgIpc) is 3.15. The summed E-state index contributed by atoms with van der Waals surface area (Å²) in [4.78, 5) is 0. The average molecular weight is 275 g/mol. The number of aromatic hydroxyl groups is 1. The van der Waals surface area contributed by atoms with Gasteiger partial charge in [-0.1, -0.05) is 39.8 Å². The maximum atomic E-state index is 9.32. The molecule has 0 heterocycles. The summed E-state index contributed by atoms with van der Waals surface area (Å²) in [5, 5.41) is 13.1. The van der Waals surface area contributed by atoms with Crippen molar-refractivity contribution in [2.75, 3.05) is 0 Å². The van der Waals surface area contributed by atoms with Crippen molar-refractivity contribution >= 4 is 0 Å². The Hall–Kier alpha value is -1.02. The molecular weight excluding hydrogens is 246 g/mol. The molecule has 2 nitrogen and oxygen atoms in total. The van der Waals surface area contributed by atoms with E-state index in [1.807, 2.05) is 12.1 Å². The summed E-state index contributed by atoms with van der Waals surface area (Å²) in [6.45, 7) is 10.3. The Morgan fingerprint density at radius 3 is 2.05 bits per heavy atom. The third-order valence-electron chi connectivity index (χ3n) is 4.80. The first-order valence-corrected chi connectivity index (χ1v) is 7.95. The summed E-state index contributed by atoms with van der Waals surface area (Å²) in [6, 6.07) is 7.53. The van der Waals surface area contributed by atoms with Gasteiger partial charge in [0.15, 0.2) is 0 Å². The zero-order valence-corrected chi connectivity index (χ0v) is 13.3. The number of hydrogen-bond acceptors (Lipinski definition) is 2. The van der Waals surface area contributed by atoms with Crippen LogP contribution in [0.5, 0.6) is 5.75 Å². The van der Waals surface area contributed by atoms with Crippen LogP contribution in [-0.4, -0.2) is 10.6 Å². The minimum absolute atomic E-state index is 0.342. The van der Waals surface area contributed by atoms with E-state index >= 15 is 0 Å². The van der Waals surface area contributed by atoms with Crippen molar-refractivity contribution in [1.82, 2.24) is 5.32 Å². The predicted molar refractivity (Wildman–Crippen MR) is 84.7 cm³/mol. The summed E-state index contributed by atoms with van der Waals surface area (Å²) in [5.41, 5.74) is 1.62. The number of nitrogens with one attached hydrogen (secondary N) is 1. The Balaban J connectivity index is 1.90. The third-order valence-corrected chi connectivity index (χ3v) is 4.80. The minimum Gasteiger partial charge on any atom is -0.508 e. The summed E-state index contributed by atoms with van der Waals surface area (Å²) < 4.78 is 0. The van der Waals surface area contributed by atoms with Crippen molar-refractivity contribution in [3.8, 4) is 5.75 Å². The van der Waals surface area contributed by atoms with E-state index in [2.05, 4.69) is 33.0 Å². The van der Waals surface area contributed by atoms with Crippen LogP contribution in [0.2, 0.25) is 0 Å². The minimum atomic E-state index is 0.342. The maximum absolute atomic E-state index is 9.32. The van der Waals surface area contributed by atoms with Crippen LogP contribution in [0.1, 0.15) is 52.5 Å². The van der Waals surface area contributed by atoms with Gasteiger partial charge in [-0.25, -0.2) is 0 Å². The molecule has 0 unspecified atom stereocenters. The Bertz CT molecular complexity index is 410. The van der Waals surface area contributed by atoms with Gasteiger partial charge in [0.2, 0.25) is 0 Å². The van der Waals surface area contributed by atoms with Gasteiger partial charge < -0.3 is 10.4 Å². The predicted octanol–water partition coefficient (Wildman–Crippen LogP) is 4.33. The van der Waals surface area contributed by atoms with E-state index in [4.69, 9.17) is 0 Å². The van der Waals surface area contributed by atoms with E-state index in [9.17, 15) is 5.11 Å². The second-order valence-electron chi connectivity index (χ2n) is 7.16. The highest BCUT2D eigenvalue weighted by atomic mass is 16.3. The third kappa shape index (κ3) is 3.99. The zero-order valence-electron chi connectivity index (χ0n) is 13.3. The first-order valence-electron chi connectivity index (χ1n) is 7.95. The molecule has 1 saturated carbocycles. The molecule has 1 aromatic carbocycles. The highest BCUT2D eigenvalue weighted by Gasteiger charge is 2.44. The number of phenolic OH excluding ortho intramolecular Hbond substituents is 1. The second-order valence-corrected chi connectivity index (χ2v) is 7.16. The molecule has 0 bridgehead atoms. The van der Waals surface area contributed by atoms with Crippen molar-refractivity contribution in [3.05, 3.63) is 29.8 Å². The molecule has 2 rings (SSSR count). The standard InChI is InChI=1S/C18H29NO/c1-13(2)17(14(3)4)11-18(9-10-18)19-12-15-5-7-16(20)8-6-15/h5-8,13-14,17,19-20H,9-12H2,1-4H3. The molecule has 112 valence electrons. The molecule has 1 aromatic rings. The van der Waals surface area contributed by atoms with Gasteiger partial charge in [0.05, 0.1) is 0 Å². The van der Waals surface area contributed by atoms with E-state index in [0.29, 0.717) is 11.3 Å². The smallest absolute Gasteiger partial charge is 0.115 e. The van der Waals surface area contributed by atoms with Crippen LogP contribution in [0.4, 0.5) is 0 Å². The van der Waals surface area contributed by atoms with Gasteiger partial charge in [-0.3, -0.25) is 0 Å². The number of hydrogen-bond donors (Lipinski definition) is 2. The molecule has 0 aromatic heterocycles. The molecular formula is C18H29NO. The molecule has 0 radical (unpaired) electrons. The number of benzene rings is 1. The maximum Gasteiger partial charge on any atom is 0.115 e. The number of phenols is 1. The van der Waals surface area contributed by atoms with Gasteiger partial charge in [0, 0.05) is 12.1 Å². The largest absolute Gasteiger partial charge is 0.508 e. The molecule has 0 atom stereocenters. The van der Waals surface area contributed by atoms with Gasteiger partial charge >= 0.3 is 0 Å². The quantitative estimate of drug-likeness (QED) is 0.776. The Morgan fingerprint density at radius 1 is 1.05 bits per heavy atom. The highest BCUT2D eigenvalue weighted by Crippen LogP contribution is 2.44. The van der Waals surface area contributed by atoms with Crippen LogP contribution < -0.4 is 5.32 Å². The summed E-state index contributed by atoms with van der Waals surface area (Å²) >= 11 is 0.